The van der Waals surface area contributed by atoms with Gasteiger partial charge in [-0.05, 0) is 31.0 Å². The molecule has 1 aromatic heterocycles. The molecule has 1 atom stereocenters. The van der Waals surface area contributed by atoms with E-state index in [9.17, 15) is 4.79 Å². The Bertz CT molecular complexity index is 578. The fourth-order valence-corrected chi connectivity index (χ4v) is 1.87. The third kappa shape index (κ3) is 4.34. The fraction of sp³-hybridized carbons (Fsp3) is 0.312. The molecule has 21 heavy (non-hydrogen) atoms. The third-order valence-corrected chi connectivity index (χ3v) is 3.21. The zero-order valence-corrected chi connectivity index (χ0v) is 13.1. The number of hydrogen-bond donors (Lipinski definition) is 2. The smallest absolute Gasteiger partial charge is 0.287 e. The van der Waals surface area contributed by atoms with Crippen molar-refractivity contribution in [3.8, 4) is 11.3 Å². The number of hydrogen-bond acceptors (Lipinski definition) is 3. The van der Waals surface area contributed by atoms with E-state index in [0.717, 1.165) is 12.0 Å². The van der Waals surface area contributed by atoms with Gasteiger partial charge in [0.15, 0.2) is 5.76 Å². The molecule has 1 heterocycles. The lowest BCUT2D eigenvalue weighted by atomic mass is 10.1. The number of halogens is 1. The molecule has 1 aromatic carbocycles. The lowest BCUT2D eigenvalue weighted by molar-refractivity contribution is 0.0914. The number of carbonyl (C=O) groups excluding carboxylic acids is 1. The molecule has 0 aliphatic heterocycles. The monoisotopic (exact) mass is 308 g/mol. The third-order valence-electron chi connectivity index (χ3n) is 3.21. The van der Waals surface area contributed by atoms with Gasteiger partial charge in [0, 0.05) is 18.2 Å². The van der Waals surface area contributed by atoms with Gasteiger partial charge in [-0.15, -0.1) is 12.4 Å². The Morgan fingerprint density at radius 2 is 1.90 bits per heavy atom. The van der Waals surface area contributed by atoms with Gasteiger partial charge in [-0.25, -0.2) is 0 Å². The van der Waals surface area contributed by atoms with Gasteiger partial charge < -0.3 is 15.5 Å². The molecule has 0 unspecified atom stereocenters. The van der Waals surface area contributed by atoms with Gasteiger partial charge >= 0.3 is 0 Å². The van der Waals surface area contributed by atoms with Gasteiger partial charge in [0.05, 0.1) is 0 Å². The van der Waals surface area contributed by atoms with Crippen LogP contribution in [0.15, 0.2) is 40.8 Å². The summed E-state index contributed by atoms with van der Waals surface area (Å²) < 4.78 is 5.60. The molecule has 0 spiro atoms. The number of amides is 1. The summed E-state index contributed by atoms with van der Waals surface area (Å²) in [6.07, 6.45) is 1.00. The Kier molecular flexibility index (Phi) is 6.46. The molecule has 0 aliphatic carbocycles. The number of furan rings is 1. The van der Waals surface area contributed by atoms with Crippen molar-refractivity contribution in [2.75, 3.05) is 6.54 Å². The average molecular weight is 309 g/mol. The molecule has 0 fully saturated rings. The van der Waals surface area contributed by atoms with Crippen molar-refractivity contribution in [3.63, 3.8) is 0 Å². The van der Waals surface area contributed by atoms with Crippen molar-refractivity contribution < 1.29 is 9.21 Å². The van der Waals surface area contributed by atoms with E-state index in [1.54, 1.807) is 6.07 Å². The second-order valence-corrected chi connectivity index (χ2v) is 4.82. The minimum absolute atomic E-state index is 0. The number of carbonyl (C=O) groups is 1. The van der Waals surface area contributed by atoms with E-state index in [-0.39, 0.29) is 24.4 Å². The van der Waals surface area contributed by atoms with Gasteiger partial charge in [0.1, 0.15) is 5.76 Å². The molecule has 114 valence electrons. The second kappa shape index (κ2) is 7.86. The first-order valence-corrected chi connectivity index (χ1v) is 6.84. The normalized spacial score (nSPS) is 11.6. The number of benzene rings is 1. The maximum absolute atomic E-state index is 11.9. The molecule has 2 aromatic rings. The van der Waals surface area contributed by atoms with Crippen LogP contribution in [0.25, 0.3) is 11.3 Å². The molecular formula is C16H21ClN2O2. The average Bonchev–Trinajstić information content (AvgIpc) is 2.97. The largest absolute Gasteiger partial charge is 0.451 e. The molecular weight excluding hydrogens is 288 g/mol. The molecule has 4 nitrogen and oxygen atoms in total. The fourth-order valence-electron chi connectivity index (χ4n) is 1.87. The van der Waals surface area contributed by atoms with Crippen molar-refractivity contribution in [2.45, 2.75) is 26.3 Å². The Hall–Kier alpha value is -1.78. The van der Waals surface area contributed by atoms with Crippen LogP contribution in [0.3, 0.4) is 0 Å². The molecule has 0 saturated heterocycles. The standard InChI is InChI=1S/C16H20N2O2.ClH/c1-3-12-4-6-13(7-5-12)14-8-9-15(20-14)16(19)18-11(2)10-17;/h4-9,11H,3,10,17H2,1-2H3,(H,18,19);1H/t11-;/m0./s1. The highest BCUT2D eigenvalue weighted by molar-refractivity contribution is 5.92. The summed E-state index contributed by atoms with van der Waals surface area (Å²) in [6, 6.07) is 11.6. The summed E-state index contributed by atoms with van der Waals surface area (Å²) >= 11 is 0. The van der Waals surface area contributed by atoms with Crippen molar-refractivity contribution in [2.24, 2.45) is 5.73 Å². The van der Waals surface area contributed by atoms with Gasteiger partial charge in [-0.2, -0.15) is 0 Å². The maximum Gasteiger partial charge on any atom is 0.287 e. The number of rotatable bonds is 5. The van der Waals surface area contributed by atoms with E-state index in [1.165, 1.54) is 5.56 Å². The number of aryl methyl sites for hydroxylation is 1. The van der Waals surface area contributed by atoms with Crippen LogP contribution in [0.2, 0.25) is 0 Å². The van der Waals surface area contributed by atoms with E-state index in [4.69, 9.17) is 10.2 Å². The summed E-state index contributed by atoms with van der Waals surface area (Å²) in [5, 5.41) is 2.77. The Labute approximate surface area is 131 Å². The SMILES string of the molecule is CCc1ccc(-c2ccc(C(=O)N[C@@H](C)CN)o2)cc1.Cl. The summed E-state index contributed by atoms with van der Waals surface area (Å²) in [5.74, 6) is 0.762. The summed E-state index contributed by atoms with van der Waals surface area (Å²) in [6.45, 7) is 4.37. The van der Waals surface area contributed by atoms with Crippen LogP contribution >= 0.6 is 12.4 Å². The van der Waals surface area contributed by atoms with E-state index in [2.05, 4.69) is 24.4 Å². The first-order chi connectivity index (χ1) is 9.63. The highest BCUT2D eigenvalue weighted by Crippen LogP contribution is 2.22. The zero-order chi connectivity index (χ0) is 14.5. The van der Waals surface area contributed by atoms with Gasteiger partial charge in [-0.3, -0.25) is 4.79 Å². The van der Waals surface area contributed by atoms with Crippen LogP contribution < -0.4 is 11.1 Å². The Morgan fingerprint density at radius 1 is 1.24 bits per heavy atom. The van der Waals surface area contributed by atoms with Crippen molar-refractivity contribution in [1.82, 2.24) is 5.32 Å². The number of nitrogens with two attached hydrogens (primary N) is 1. The predicted octanol–water partition coefficient (Wildman–Crippen LogP) is 3.01. The van der Waals surface area contributed by atoms with E-state index >= 15 is 0 Å². The second-order valence-electron chi connectivity index (χ2n) is 4.82. The first-order valence-electron chi connectivity index (χ1n) is 6.84. The molecule has 0 radical (unpaired) electrons. The van der Waals surface area contributed by atoms with Crippen LogP contribution in [0.1, 0.15) is 30.0 Å². The van der Waals surface area contributed by atoms with Gasteiger partial charge in [0.25, 0.3) is 5.91 Å². The minimum Gasteiger partial charge on any atom is -0.451 e. The predicted molar refractivity (Wildman–Crippen MR) is 86.8 cm³/mol. The molecule has 0 bridgehead atoms. The topological polar surface area (TPSA) is 68.3 Å². The lowest BCUT2D eigenvalue weighted by Gasteiger charge is -2.09. The summed E-state index contributed by atoms with van der Waals surface area (Å²) in [4.78, 5) is 11.9. The molecule has 2 rings (SSSR count). The van der Waals surface area contributed by atoms with Crippen LogP contribution in [0.4, 0.5) is 0 Å². The van der Waals surface area contributed by atoms with Gasteiger partial charge in [0.2, 0.25) is 0 Å². The molecule has 1 amide bonds. The van der Waals surface area contributed by atoms with E-state index < -0.39 is 0 Å². The quantitative estimate of drug-likeness (QED) is 0.892. The van der Waals surface area contributed by atoms with Crippen molar-refractivity contribution in [1.29, 1.82) is 0 Å². The number of nitrogens with one attached hydrogen (secondary N) is 1. The van der Waals surface area contributed by atoms with E-state index in [1.807, 2.05) is 25.1 Å². The lowest BCUT2D eigenvalue weighted by Crippen LogP contribution is -2.37. The van der Waals surface area contributed by atoms with Crippen molar-refractivity contribution in [3.05, 3.63) is 47.7 Å². The Balaban J connectivity index is 0.00000220. The maximum atomic E-state index is 11.9. The molecule has 0 saturated carbocycles. The van der Waals surface area contributed by atoms with Crippen LogP contribution in [-0.2, 0) is 6.42 Å². The molecule has 0 aliphatic rings. The Morgan fingerprint density at radius 3 is 2.48 bits per heavy atom. The van der Waals surface area contributed by atoms with Crippen LogP contribution in [0, 0.1) is 0 Å². The van der Waals surface area contributed by atoms with Crippen LogP contribution in [-0.4, -0.2) is 18.5 Å². The molecule has 3 N–H and O–H groups in total. The van der Waals surface area contributed by atoms with Crippen LogP contribution in [0.5, 0.6) is 0 Å². The summed E-state index contributed by atoms with van der Waals surface area (Å²) in [5.41, 5.74) is 7.72. The zero-order valence-electron chi connectivity index (χ0n) is 12.3. The van der Waals surface area contributed by atoms with Gasteiger partial charge in [-0.1, -0.05) is 31.2 Å². The van der Waals surface area contributed by atoms with Crippen molar-refractivity contribution >= 4 is 18.3 Å². The highest BCUT2D eigenvalue weighted by Gasteiger charge is 2.13. The minimum atomic E-state index is -0.237. The summed E-state index contributed by atoms with van der Waals surface area (Å²) in [7, 11) is 0. The van der Waals surface area contributed by atoms with E-state index in [0.29, 0.717) is 18.1 Å². The highest BCUT2D eigenvalue weighted by atomic mass is 35.5. The molecule has 5 heteroatoms. The first kappa shape index (κ1) is 17.3.